The summed E-state index contributed by atoms with van der Waals surface area (Å²) in [4.78, 5) is 0. The number of hydrogen-bond donors (Lipinski definition) is 0. The number of nitrogens with zero attached hydrogens (tertiary/aromatic N) is 2. The Morgan fingerprint density at radius 2 is 1.47 bits per heavy atom. The van der Waals surface area contributed by atoms with Gasteiger partial charge >= 0.3 is 0 Å². The lowest BCUT2D eigenvalue weighted by Crippen LogP contribution is -2.30. The van der Waals surface area contributed by atoms with E-state index in [0.717, 1.165) is 33.5 Å². The van der Waals surface area contributed by atoms with Gasteiger partial charge in [0.2, 0.25) is 0 Å². The van der Waals surface area contributed by atoms with Crippen LogP contribution in [0.25, 0.3) is 50.0 Å². The molecule has 2 heterocycles. The Kier molecular flexibility index (Phi) is 3.59. The highest BCUT2D eigenvalue weighted by Gasteiger charge is 2.28. The second kappa shape index (κ2) is 6.33. The molecule has 2 aromatic heterocycles. The Bertz CT molecular complexity index is 1570. The standard InChI is InChI=1S/C27H21N2O/c1-18-10-3-4-11-19(18)27-28(2)21-13-6-7-14-22(21)29(27)23-15-9-17-25-26(23)20-12-5-8-16-24(20)30-25/h3-17H,1-2H3/q+1. The first-order chi connectivity index (χ1) is 14.7. The third-order valence-corrected chi connectivity index (χ3v) is 6.02. The van der Waals surface area contributed by atoms with Crippen molar-refractivity contribution in [1.29, 1.82) is 0 Å². The fourth-order valence-corrected chi connectivity index (χ4v) is 4.63. The molecular formula is C27H21N2O+. The van der Waals surface area contributed by atoms with Crippen LogP contribution in [0.4, 0.5) is 0 Å². The largest absolute Gasteiger partial charge is 0.456 e. The zero-order valence-electron chi connectivity index (χ0n) is 17.0. The maximum Gasteiger partial charge on any atom is 0.295 e. The van der Waals surface area contributed by atoms with Gasteiger partial charge in [0.1, 0.15) is 16.9 Å². The number of para-hydroxylation sites is 3. The van der Waals surface area contributed by atoms with E-state index in [2.05, 4.69) is 102 Å². The highest BCUT2D eigenvalue weighted by Crippen LogP contribution is 2.37. The molecule has 0 aliphatic carbocycles. The predicted octanol–water partition coefficient (Wildman–Crippen LogP) is 6.33. The van der Waals surface area contributed by atoms with Crippen LogP contribution in [-0.4, -0.2) is 4.57 Å². The van der Waals surface area contributed by atoms with Gasteiger partial charge in [-0.1, -0.05) is 54.6 Å². The Morgan fingerprint density at radius 3 is 2.37 bits per heavy atom. The van der Waals surface area contributed by atoms with Gasteiger partial charge in [0.05, 0.1) is 18.0 Å². The van der Waals surface area contributed by atoms with E-state index in [1.165, 1.54) is 22.2 Å². The number of rotatable bonds is 2. The molecule has 3 nitrogen and oxygen atoms in total. The predicted molar refractivity (Wildman–Crippen MR) is 122 cm³/mol. The monoisotopic (exact) mass is 389 g/mol. The molecule has 0 atom stereocenters. The van der Waals surface area contributed by atoms with Gasteiger partial charge in [0.15, 0.2) is 11.0 Å². The van der Waals surface area contributed by atoms with Crippen LogP contribution in [0.5, 0.6) is 0 Å². The molecule has 0 spiro atoms. The van der Waals surface area contributed by atoms with Crippen molar-refractivity contribution in [2.45, 2.75) is 6.92 Å². The Morgan fingerprint density at radius 1 is 0.733 bits per heavy atom. The van der Waals surface area contributed by atoms with Crippen molar-refractivity contribution in [2.75, 3.05) is 0 Å². The van der Waals surface area contributed by atoms with Crippen molar-refractivity contribution in [2.24, 2.45) is 7.05 Å². The van der Waals surface area contributed by atoms with Crippen molar-refractivity contribution in [3.63, 3.8) is 0 Å². The van der Waals surface area contributed by atoms with Crippen LogP contribution in [-0.2, 0) is 7.05 Å². The van der Waals surface area contributed by atoms with Gasteiger partial charge < -0.3 is 4.42 Å². The molecule has 0 saturated carbocycles. The molecule has 0 N–H and O–H groups in total. The van der Waals surface area contributed by atoms with E-state index in [9.17, 15) is 0 Å². The van der Waals surface area contributed by atoms with Crippen LogP contribution in [0.15, 0.2) is 95.4 Å². The maximum absolute atomic E-state index is 6.18. The summed E-state index contributed by atoms with van der Waals surface area (Å²) >= 11 is 0. The summed E-state index contributed by atoms with van der Waals surface area (Å²) in [6.45, 7) is 2.17. The van der Waals surface area contributed by atoms with Gasteiger partial charge in [-0.3, -0.25) is 0 Å². The number of fused-ring (bicyclic) bond motifs is 4. The van der Waals surface area contributed by atoms with Crippen molar-refractivity contribution < 1.29 is 8.98 Å². The zero-order valence-corrected chi connectivity index (χ0v) is 17.0. The highest BCUT2D eigenvalue weighted by atomic mass is 16.3. The van der Waals surface area contributed by atoms with E-state index in [0.29, 0.717) is 0 Å². The zero-order chi connectivity index (χ0) is 20.2. The average molecular weight is 389 g/mol. The van der Waals surface area contributed by atoms with E-state index in [1.54, 1.807) is 0 Å². The molecule has 0 radical (unpaired) electrons. The highest BCUT2D eigenvalue weighted by molar-refractivity contribution is 6.10. The van der Waals surface area contributed by atoms with Crippen molar-refractivity contribution in [3.05, 3.63) is 96.6 Å². The number of imidazole rings is 1. The molecule has 144 valence electrons. The number of hydrogen-bond acceptors (Lipinski definition) is 1. The molecule has 30 heavy (non-hydrogen) atoms. The number of benzene rings is 4. The topological polar surface area (TPSA) is 21.9 Å². The van der Waals surface area contributed by atoms with Crippen LogP contribution in [0, 0.1) is 6.92 Å². The fraction of sp³-hybridized carbons (Fsp3) is 0.0741. The molecule has 0 bridgehead atoms. The first kappa shape index (κ1) is 17.0. The van der Waals surface area contributed by atoms with Crippen LogP contribution in [0.1, 0.15) is 5.56 Å². The normalized spacial score (nSPS) is 11.7. The lowest BCUT2D eigenvalue weighted by molar-refractivity contribution is -0.633. The molecule has 4 aromatic carbocycles. The van der Waals surface area contributed by atoms with Gasteiger partial charge in [0, 0.05) is 5.39 Å². The Hall–Kier alpha value is -3.85. The number of aryl methyl sites for hydroxylation is 2. The SMILES string of the molecule is Cc1ccccc1-c1n(-c2cccc3oc4ccccc4c23)c2ccccc2[n+]1C. The van der Waals surface area contributed by atoms with E-state index >= 15 is 0 Å². The second-order valence-electron chi connectivity index (χ2n) is 7.77. The minimum Gasteiger partial charge on any atom is -0.456 e. The minimum atomic E-state index is 0.907. The van der Waals surface area contributed by atoms with Crippen LogP contribution >= 0.6 is 0 Å². The van der Waals surface area contributed by atoms with Crippen LogP contribution in [0.2, 0.25) is 0 Å². The van der Waals surface area contributed by atoms with E-state index < -0.39 is 0 Å². The van der Waals surface area contributed by atoms with Crippen molar-refractivity contribution >= 4 is 33.0 Å². The number of aromatic nitrogens is 2. The molecule has 6 rings (SSSR count). The van der Waals surface area contributed by atoms with Gasteiger partial charge in [-0.05, 0) is 48.9 Å². The number of furan rings is 1. The summed E-state index contributed by atoms with van der Waals surface area (Å²) in [5.41, 5.74) is 7.80. The van der Waals surface area contributed by atoms with Gasteiger partial charge in [-0.2, -0.15) is 4.57 Å². The molecule has 0 fully saturated rings. The lowest BCUT2D eigenvalue weighted by atomic mass is 10.1. The van der Waals surface area contributed by atoms with Gasteiger partial charge in [0.25, 0.3) is 5.82 Å². The maximum atomic E-state index is 6.18. The van der Waals surface area contributed by atoms with E-state index in [-0.39, 0.29) is 0 Å². The van der Waals surface area contributed by atoms with Crippen LogP contribution in [0.3, 0.4) is 0 Å². The van der Waals surface area contributed by atoms with Crippen LogP contribution < -0.4 is 4.57 Å². The first-order valence-corrected chi connectivity index (χ1v) is 10.2. The summed E-state index contributed by atoms with van der Waals surface area (Å²) in [6, 6.07) is 31.8. The quantitative estimate of drug-likeness (QED) is 0.317. The Balaban J connectivity index is 1.83. The molecule has 0 unspecified atom stereocenters. The Labute approximate surface area is 174 Å². The fourth-order valence-electron chi connectivity index (χ4n) is 4.63. The summed E-state index contributed by atoms with van der Waals surface area (Å²) in [5, 5.41) is 2.28. The minimum absolute atomic E-state index is 0.907. The summed E-state index contributed by atoms with van der Waals surface area (Å²) < 4.78 is 10.9. The van der Waals surface area contributed by atoms with E-state index in [4.69, 9.17) is 4.42 Å². The molecule has 3 heteroatoms. The van der Waals surface area contributed by atoms with Gasteiger partial charge in [-0.15, -0.1) is 0 Å². The lowest BCUT2D eigenvalue weighted by Gasteiger charge is -2.07. The van der Waals surface area contributed by atoms with Gasteiger partial charge in [-0.25, -0.2) is 4.57 Å². The summed E-state index contributed by atoms with van der Waals surface area (Å²) in [6.07, 6.45) is 0. The smallest absolute Gasteiger partial charge is 0.295 e. The third-order valence-electron chi connectivity index (χ3n) is 6.02. The molecule has 6 aromatic rings. The molecule has 0 aliphatic rings. The summed E-state index contributed by atoms with van der Waals surface area (Å²) in [7, 11) is 2.15. The molecule has 0 saturated heterocycles. The first-order valence-electron chi connectivity index (χ1n) is 10.2. The van der Waals surface area contributed by atoms with Crippen molar-refractivity contribution in [3.8, 4) is 17.1 Å². The molecule has 0 aliphatic heterocycles. The van der Waals surface area contributed by atoms with E-state index in [1.807, 2.05) is 12.1 Å². The molecule has 0 amide bonds. The average Bonchev–Trinajstić information content (AvgIpc) is 3.30. The molecular weight excluding hydrogens is 368 g/mol. The summed E-state index contributed by atoms with van der Waals surface area (Å²) in [5.74, 6) is 1.16. The third kappa shape index (κ3) is 2.29. The second-order valence-corrected chi connectivity index (χ2v) is 7.77. The van der Waals surface area contributed by atoms with Crippen molar-refractivity contribution in [1.82, 2.24) is 4.57 Å².